The van der Waals surface area contributed by atoms with Gasteiger partial charge >= 0.3 is 0 Å². The minimum atomic E-state index is -0.107. The Bertz CT molecular complexity index is 445. The first-order chi connectivity index (χ1) is 8.59. The molecule has 98 valence electrons. The summed E-state index contributed by atoms with van der Waals surface area (Å²) in [4.78, 5) is 12.2. The topological polar surface area (TPSA) is 61.4 Å². The SMILES string of the molecule is Cc1c(O)cccc1C(=O)NC1CNCCC1C. The minimum Gasteiger partial charge on any atom is -0.508 e. The van der Waals surface area contributed by atoms with Gasteiger partial charge in [-0.2, -0.15) is 0 Å². The molecule has 2 rings (SSSR count). The standard InChI is InChI=1S/C14H20N2O2/c1-9-6-7-15-8-12(9)16-14(18)11-4-3-5-13(17)10(11)2/h3-5,9,12,15,17H,6-8H2,1-2H3,(H,16,18). The van der Waals surface area contributed by atoms with Crippen molar-refractivity contribution in [2.45, 2.75) is 26.3 Å². The lowest BCUT2D eigenvalue weighted by Crippen LogP contribution is -2.50. The van der Waals surface area contributed by atoms with E-state index in [0.717, 1.165) is 19.5 Å². The summed E-state index contributed by atoms with van der Waals surface area (Å²) < 4.78 is 0. The lowest BCUT2D eigenvalue weighted by atomic mass is 9.94. The quantitative estimate of drug-likeness (QED) is 0.742. The second kappa shape index (κ2) is 5.40. The molecular weight excluding hydrogens is 228 g/mol. The first kappa shape index (κ1) is 12.9. The van der Waals surface area contributed by atoms with Crippen LogP contribution in [0.3, 0.4) is 0 Å². The van der Waals surface area contributed by atoms with Crippen molar-refractivity contribution in [3.8, 4) is 5.75 Å². The molecule has 0 radical (unpaired) electrons. The molecule has 1 amide bonds. The van der Waals surface area contributed by atoms with Gasteiger partial charge in [0.2, 0.25) is 0 Å². The molecule has 4 heteroatoms. The molecule has 0 bridgehead atoms. The van der Waals surface area contributed by atoms with Crippen LogP contribution in [-0.2, 0) is 0 Å². The number of rotatable bonds is 2. The smallest absolute Gasteiger partial charge is 0.251 e. The lowest BCUT2D eigenvalue weighted by Gasteiger charge is -2.30. The number of amides is 1. The fourth-order valence-corrected chi connectivity index (χ4v) is 2.30. The third-order valence-electron chi connectivity index (χ3n) is 3.69. The third kappa shape index (κ3) is 2.64. The Morgan fingerprint density at radius 2 is 2.28 bits per heavy atom. The Morgan fingerprint density at radius 1 is 1.50 bits per heavy atom. The summed E-state index contributed by atoms with van der Waals surface area (Å²) >= 11 is 0. The van der Waals surface area contributed by atoms with Gasteiger partial charge in [0.1, 0.15) is 5.75 Å². The summed E-state index contributed by atoms with van der Waals surface area (Å²) in [5.41, 5.74) is 1.18. The van der Waals surface area contributed by atoms with Crippen LogP contribution in [0, 0.1) is 12.8 Å². The van der Waals surface area contributed by atoms with Crippen molar-refractivity contribution in [3.63, 3.8) is 0 Å². The van der Waals surface area contributed by atoms with E-state index in [1.807, 2.05) is 0 Å². The van der Waals surface area contributed by atoms with Crippen molar-refractivity contribution < 1.29 is 9.90 Å². The van der Waals surface area contributed by atoms with Crippen molar-refractivity contribution >= 4 is 5.91 Å². The maximum absolute atomic E-state index is 12.2. The maximum atomic E-state index is 12.2. The highest BCUT2D eigenvalue weighted by Crippen LogP contribution is 2.20. The molecule has 3 N–H and O–H groups in total. The van der Waals surface area contributed by atoms with E-state index in [2.05, 4.69) is 17.6 Å². The normalized spacial score (nSPS) is 23.7. The first-order valence-corrected chi connectivity index (χ1v) is 6.39. The zero-order valence-electron chi connectivity index (χ0n) is 10.9. The van der Waals surface area contributed by atoms with Crippen LogP contribution in [-0.4, -0.2) is 30.1 Å². The first-order valence-electron chi connectivity index (χ1n) is 6.39. The molecule has 1 fully saturated rings. The maximum Gasteiger partial charge on any atom is 0.251 e. The molecule has 18 heavy (non-hydrogen) atoms. The third-order valence-corrected chi connectivity index (χ3v) is 3.69. The number of phenols is 1. The number of hydrogen-bond donors (Lipinski definition) is 3. The Hall–Kier alpha value is -1.55. The molecule has 1 heterocycles. The largest absolute Gasteiger partial charge is 0.508 e. The van der Waals surface area contributed by atoms with Crippen molar-refractivity contribution in [2.24, 2.45) is 5.92 Å². The number of aromatic hydroxyl groups is 1. The number of piperidine rings is 1. The number of carbonyl (C=O) groups excluding carboxylic acids is 1. The van der Waals surface area contributed by atoms with Crippen molar-refractivity contribution in [1.29, 1.82) is 0 Å². The molecule has 0 aromatic heterocycles. The van der Waals surface area contributed by atoms with E-state index in [-0.39, 0.29) is 17.7 Å². The average molecular weight is 248 g/mol. The highest BCUT2D eigenvalue weighted by atomic mass is 16.3. The van der Waals surface area contributed by atoms with Crippen LogP contribution in [0.15, 0.2) is 18.2 Å². The molecule has 1 aromatic rings. The van der Waals surface area contributed by atoms with Crippen LogP contribution in [0.5, 0.6) is 5.75 Å². The van der Waals surface area contributed by atoms with Crippen LogP contribution < -0.4 is 10.6 Å². The molecule has 1 aliphatic rings. The molecule has 1 aromatic carbocycles. The molecule has 1 saturated heterocycles. The predicted octanol–water partition coefficient (Wildman–Crippen LogP) is 1.43. The van der Waals surface area contributed by atoms with Crippen LogP contribution >= 0.6 is 0 Å². The number of hydrogen-bond acceptors (Lipinski definition) is 3. The van der Waals surface area contributed by atoms with E-state index in [4.69, 9.17) is 0 Å². The molecular formula is C14H20N2O2. The van der Waals surface area contributed by atoms with E-state index in [1.54, 1.807) is 25.1 Å². The van der Waals surface area contributed by atoms with E-state index >= 15 is 0 Å². The number of benzene rings is 1. The van der Waals surface area contributed by atoms with Gasteiger partial charge in [-0.05, 0) is 37.9 Å². The van der Waals surface area contributed by atoms with Gasteiger partial charge in [0.05, 0.1) is 0 Å². The zero-order valence-corrected chi connectivity index (χ0v) is 10.9. The highest BCUT2D eigenvalue weighted by molar-refractivity contribution is 5.96. The summed E-state index contributed by atoms with van der Waals surface area (Å²) in [6.07, 6.45) is 1.07. The van der Waals surface area contributed by atoms with Gasteiger partial charge < -0.3 is 15.7 Å². The van der Waals surface area contributed by atoms with E-state index < -0.39 is 0 Å². The molecule has 0 aliphatic carbocycles. The number of phenolic OH excluding ortho intramolecular Hbond substituents is 1. The Balaban J connectivity index is 2.09. The summed E-state index contributed by atoms with van der Waals surface area (Å²) in [7, 11) is 0. The van der Waals surface area contributed by atoms with Crippen LogP contribution in [0.1, 0.15) is 29.3 Å². The molecule has 4 nitrogen and oxygen atoms in total. The molecule has 0 spiro atoms. The number of nitrogens with one attached hydrogen (secondary N) is 2. The fourth-order valence-electron chi connectivity index (χ4n) is 2.30. The Labute approximate surface area is 107 Å². The second-order valence-electron chi connectivity index (χ2n) is 5.00. The van der Waals surface area contributed by atoms with Gasteiger partial charge in [-0.1, -0.05) is 13.0 Å². The highest BCUT2D eigenvalue weighted by Gasteiger charge is 2.23. The summed E-state index contributed by atoms with van der Waals surface area (Å²) in [6.45, 7) is 5.73. The van der Waals surface area contributed by atoms with Crippen LogP contribution in [0.2, 0.25) is 0 Å². The van der Waals surface area contributed by atoms with Gasteiger partial charge in [0.15, 0.2) is 0 Å². The van der Waals surface area contributed by atoms with Crippen molar-refractivity contribution in [1.82, 2.24) is 10.6 Å². The molecule has 1 aliphatic heterocycles. The Morgan fingerprint density at radius 3 is 3.00 bits per heavy atom. The monoisotopic (exact) mass is 248 g/mol. The summed E-state index contributed by atoms with van der Waals surface area (Å²) in [5, 5.41) is 15.9. The van der Waals surface area contributed by atoms with Crippen molar-refractivity contribution in [2.75, 3.05) is 13.1 Å². The van der Waals surface area contributed by atoms with Gasteiger partial charge in [0, 0.05) is 23.7 Å². The van der Waals surface area contributed by atoms with Gasteiger partial charge in [-0.25, -0.2) is 0 Å². The van der Waals surface area contributed by atoms with E-state index in [1.165, 1.54) is 0 Å². The lowest BCUT2D eigenvalue weighted by molar-refractivity contribution is 0.0914. The van der Waals surface area contributed by atoms with Crippen molar-refractivity contribution in [3.05, 3.63) is 29.3 Å². The van der Waals surface area contributed by atoms with Gasteiger partial charge in [-0.3, -0.25) is 4.79 Å². The molecule has 2 unspecified atom stereocenters. The van der Waals surface area contributed by atoms with E-state index in [0.29, 0.717) is 17.0 Å². The Kier molecular flexibility index (Phi) is 3.87. The average Bonchev–Trinajstić information content (AvgIpc) is 2.35. The summed E-state index contributed by atoms with van der Waals surface area (Å²) in [5.74, 6) is 0.536. The minimum absolute atomic E-state index is 0.107. The van der Waals surface area contributed by atoms with Crippen LogP contribution in [0.25, 0.3) is 0 Å². The summed E-state index contributed by atoms with van der Waals surface area (Å²) in [6, 6.07) is 5.19. The fraction of sp³-hybridized carbons (Fsp3) is 0.500. The second-order valence-corrected chi connectivity index (χ2v) is 5.00. The van der Waals surface area contributed by atoms with E-state index in [9.17, 15) is 9.90 Å². The molecule has 0 saturated carbocycles. The van der Waals surface area contributed by atoms with Gasteiger partial charge in [-0.15, -0.1) is 0 Å². The zero-order chi connectivity index (χ0) is 13.1. The number of carbonyl (C=O) groups is 1. The molecule has 2 atom stereocenters. The van der Waals surface area contributed by atoms with Crippen LogP contribution in [0.4, 0.5) is 0 Å². The predicted molar refractivity (Wildman–Crippen MR) is 70.7 cm³/mol. The van der Waals surface area contributed by atoms with Gasteiger partial charge in [0.25, 0.3) is 5.91 Å².